The molecule has 0 spiro atoms. The van der Waals surface area contributed by atoms with Gasteiger partial charge in [0, 0.05) is 0 Å². The summed E-state index contributed by atoms with van der Waals surface area (Å²) in [5, 5.41) is 26.6. The molecule has 0 atom stereocenters. The number of hydrogen-bond donors (Lipinski definition) is 2. The molecule has 0 unspecified atom stereocenters. The van der Waals surface area contributed by atoms with Gasteiger partial charge in [0.05, 0.1) is 0 Å². The fourth-order valence-corrected chi connectivity index (χ4v) is 5.00. The topological polar surface area (TPSA) is 40.5 Å². The molecule has 0 bridgehead atoms. The molecule has 0 amide bonds. The lowest BCUT2D eigenvalue weighted by molar-refractivity contribution is 0.426. The monoisotopic (exact) mass is 424 g/mol. The summed E-state index contributed by atoms with van der Waals surface area (Å²) in [4.78, 5) is 0. The van der Waals surface area contributed by atoms with Gasteiger partial charge in [-0.1, -0.05) is 115 Å². The van der Waals surface area contributed by atoms with Crippen molar-refractivity contribution >= 4 is 44.9 Å². The van der Waals surface area contributed by atoms with Crippen molar-refractivity contribution in [3.63, 3.8) is 0 Å². The Bertz CT molecular complexity index is 1640. The van der Waals surface area contributed by atoms with Crippen molar-refractivity contribution in [2.75, 3.05) is 0 Å². The van der Waals surface area contributed by atoms with Crippen LogP contribution >= 0.6 is 0 Å². The van der Waals surface area contributed by atoms with Crippen LogP contribution in [-0.4, -0.2) is 17.2 Å². The van der Waals surface area contributed by atoms with Gasteiger partial charge in [-0.3, -0.25) is 0 Å². The molecule has 0 aliphatic rings. The maximum Gasteiger partial charge on any atom is 0.488 e. The van der Waals surface area contributed by atoms with Gasteiger partial charge in [-0.2, -0.15) is 0 Å². The standard InChI is InChI=1S/C30H21BO2/c32-31(33)21-17-18-26-24-13-6-7-14-25(24)28-16-8-15-27(30(28)29(26)19-21)23-12-5-4-11-22(23)20-9-2-1-3-10-20/h1-19,32-33H. The molecule has 0 aromatic heterocycles. The highest BCUT2D eigenvalue weighted by atomic mass is 16.4. The molecule has 0 saturated heterocycles. The normalized spacial score (nSPS) is 11.3. The summed E-state index contributed by atoms with van der Waals surface area (Å²) in [5.74, 6) is 0. The Balaban J connectivity index is 1.80. The fourth-order valence-electron chi connectivity index (χ4n) is 5.00. The van der Waals surface area contributed by atoms with E-state index in [1.165, 1.54) is 16.5 Å². The van der Waals surface area contributed by atoms with E-state index in [4.69, 9.17) is 0 Å². The van der Waals surface area contributed by atoms with E-state index in [1.807, 2.05) is 18.2 Å². The fraction of sp³-hybridized carbons (Fsp3) is 0. The molecule has 0 saturated carbocycles. The quantitative estimate of drug-likeness (QED) is 0.264. The van der Waals surface area contributed by atoms with E-state index in [0.717, 1.165) is 38.1 Å². The molecule has 156 valence electrons. The van der Waals surface area contributed by atoms with Crippen molar-refractivity contribution in [3.05, 3.63) is 115 Å². The first kappa shape index (κ1) is 19.7. The smallest absolute Gasteiger partial charge is 0.423 e. The summed E-state index contributed by atoms with van der Waals surface area (Å²) < 4.78 is 0. The third-order valence-corrected chi connectivity index (χ3v) is 6.49. The van der Waals surface area contributed by atoms with E-state index in [0.29, 0.717) is 5.46 Å². The van der Waals surface area contributed by atoms with Crippen LogP contribution in [0.2, 0.25) is 0 Å². The van der Waals surface area contributed by atoms with E-state index in [-0.39, 0.29) is 0 Å². The van der Waals surface area contributed by atoms with Gasteiger partial charge in [0.2, 0.25) is 0 Å². The Hall–Kier alpha value is -3.92. The molecule has 0 fully saturated rings. The highest BCUT2D eigenvalue weighted by molar-refractivity contribution is 6.59. The van der Waals surface area contributed by atoms with Gasteiger partial charge in [0.1, 0.15) is 0 Å². The van der Waals surface area contributed by atoms with Crippen molar-refractivity contribution in [1.82, 2.24) is 0 Å². The second kappa shape index (κ2) is 7.89. The van der Waals surface area contributed by atoms with Crippen LogP contribution in [0.4, 0.5) is 0 Å². The molecule has 6 rings (SSSR count). The number of rotatable bonds is 3. The minimum Gasteiger partial charge on any atom is -0.423 e. The van der Waals surface area contributed by atoms with E-state index in [9.17, 15) is 10.0 Å². The third-order valence-electron chi connectivity index (χ3n) is 6.49. The van der Waals surface area contributed by atoms with Crippen molar-refractivity contribution in [2.45, 2.75) is 0 Å². The van der Waals surface area contributed by atoms with Gasteiger partial charge in [0.25, 0.3) is 0 Å². The lowest BCUT2D eigenvalue weighted by Gasteiger charge is -2.17. The van der Waals surface area contributed by atoms with Crippen molar-refractivity contribution < 1.29 is 10.0 Å². The number of benzene rings is 6. The largest absolute Gasteiger partial charge is 0.488 e. The van der Waals surface area contributed by atoms with Crippen LogP contribution in [0.25, 0.3) is 54.6 Å². The van der Waals surface area contributed by atoms with E-state index in [2.05, 4.69) is 91.0 Å². The highest BCUT2D eigenvalue weighted by Gasteiger charge is 2.18. The highest BCUT2D eigenvalue weighted by Crippen LogP contribution is 2.42. The molecule has 2 N–H and O–H groups in total. The minimum atomic E-state index is -1.51. The predicted molar refractivity (Wildman–Crippen MR) is 140 cm³/mol. The summed E-state index contributed by atoms with van der Waals surface area (Å²) in [6.45, 7) is 0. The van der Waals surface area contributed by atoms with Gasteiger partial charge in [-0.25, -0.2) is 0 Å². The first-order chi connectivity index (χ1) is 16.2. The van der Waals surface area contributed by atoms with Crippen molar-refractivity contribution in [3.8, 4) is 22.3 Å². The summed E-state index contributed by atoms with van der Waals surface area (Å²) >= 11 is 0. The van der Waals surface area contributed by atoms with Crippen LogP contribution in [0, 0.1) is 0 Å². The van der Waals surface area contributed by atoms with E-state index in [1.54, 1.807) is 6.07 Å². The molecule has 0 radical (unpaired) electrons. The molecule has 33 heavy (non-hydrogen) atoms. The second-order valence-corrected chi connectivity index (χ2v) is 8.36. The molecule has 0 aliphatic carbocycles. The average Bonchev–Trinajstić information content (AvgIpc) is 2.88. The molecular weight excluding hydrogens is 403 g/mol. The maximum absolute atomic E-state index is 9.90. The lowest BCUT2D eigenvalue weighted by atomic mass is 9.78. The predicted octanol–water partition coefficient (Wildman–Crippen LogP) is 6.16. The maximum atomic E-state index is 9.90. The summed E-state index contributed by atoms with van der Waals surface area (Å²) in [7, 11) is -1.51. The molecule has 0 aliphatic heterocycles. The van der Waals surface area contributed by atoms with Gasteiger partial charge < -0.3 is 10.0 Å². The van der Waals surface area contributed by atoms with Crippen molar-refractivity contribution in [1.29, 1.82) is 0 Å². The average molecular weight is 424 g/mol. The Kier molecular flexibility index (Phi) is 4.72. The number of fused-ring (bicyclic) bond motifs is 6. The van der Waals surface area contributed by atoms with Crippen LogP contribution < -0.4 is 5.46 Å². The molecule has 2 nitrogen and oxygen atoms in total. The van der Waals surface area contributed by atoms with Crippen LogP contribution in [0.1, 0.15) is 0 Å². The molecular formula is C30H21BO2. The molecule has 6 aromatic carbocycles. The number of hydrogen-bond acceptors (Lipinski definition) is 2. The first-order valence-electron chi connectivity index (χ1n) is 11.1. The Morgan fingerprint density at radius 1 is 0.424 bits per heavy atom. The first-order valence-corrected chi connectivity index (χ1v) is 11.1. The zero-order valence-corrected chi connectivity index (χ0v) is 17.9. The Morgan fingerprint density at radius 3 is 1.76 bits per heavy atom. The van der Waals surface area contributed by atoms with Crippen LogP contribution in [0.3, 0.4) is 0 Å². The van der Waals surface area contributed by atoms with Crippen LogP contribution in [-0.2, 0) is 0 Å². The molecule has 6 aromatic rings. The van der Waals surface area contributed by atoms with Crippen LogP contribution in [0.15, 0.2) is 115 Å². The second-order valence-electron chi connectivity index (χ2n) is 8.36. The minimum absolute atomic E-state index is 0.491. The lowest BCUT2D eigenvalue weighted by Crippen LogP contribution is -2.29. The molecule has 3 heteroatoms. The summed E-state index contributed by atoms with van der Waals surface area (Å²) in [6.07, 6.45) is 0. The van der Waals surface area contributed by atoms with Gasteiger partial charge in [-0.15, -0.1) is 0 Å². The van der Waals surface area contributed by atoms with Gasteiger partial charge in [0.15, 0.2) is 0 Å². The van der Waals surface area contributed by atoms with E-state index < -0.39 is 7.12 Å². The molecule has 0 heterocycles. The van der Waals surface area contributed by atoms with Crippen molar-refractivity contribution in [2.24, 2.45) is 0 Å². The SMILES string of the molecule is OB(O)c1ccc2c3ccccc3c3cccc(-c4ccccc4-c4ccccc4)c3c2c1. The Morgan fingerprint density at radius 2 is 1.00 bits per heavy atom. The summed E-state index contributed by atoms with van der Waals surface area (Å²) in [6, 6.07) is 39.5. The third kappa shape index (κ3) is 3.22. The zero-order valence-electron chi connectivity index (χ0n) is 17.9. The Labute approximate surface area is 192 Å². The zero-order chi connectivity index (χ0) is 22.4. The van der Waals surface area contributed by atoms with Gasteiger partial charge in [-0.05, 0) is 60.0 Å². The van der Waals surface area contributed by atoms with E-state index >= 15 is 0 Å². The van der Waals surface area contributed by atoms with Crippen LogP contribution in [0.5, 0.6) is 0 Å². The van der Waals surface area contributed by atoms with Gasteiger partial charge >= 0.3 is 7.12 Å². The summed E-state index contributed by atoms with van der Waals surface area (Å²) in [5.41, 5.74) is 5.12.